The summed E-state index contributed by atoms with van der Waals surface area (Å²) in [6.07, 6.45) is 0.448. The van der Waals surface area contributed by atoms with E-state index in [-0.39, 0.29) is 12.3 Å². The highest BCUT2D eigenvalue weighted by Gasteiger charge is 2.14. The quantitative estimate of drug-likeness (QED) is 0.633. The van der Waals surface area contributed by atoms with Crippen molar-refractivity contribution in [3.8, 4) is 0 Å². The number of nitrogens with one attached hydrogen (secondary N) is 1. The van der Waals surface area contributed by atoms with Crippen LogP contribution in [0.2, 0.25) is 0 Å². The maximum absolute atomic E-state index is 11.6. The Morgan fingerprint density at radius 1 is 1.29 bits per heavy atom. The van der Waals surface area contributed by atoms with Crippen molar-refractivity contribution in [2.24, 2.45) is 5.73 Å². The van der Waals surface area contributed by atoms with Gasteiger partial charge in [-0.05, 0) is 12.0 Å². The summed E-state index contributed by atoms with van der Waals surface area (Å²) < 4.78 is 0. The van der Waals surface area contributed by atoms with Gasteiger partial charge in [0.25, 0.3) is 0 Å². The van der Waals surface area contributed by atoms with Crippen molar-refractivity contribution < 1.29 is 14.7 Å². The second kappa shape index (κ2) is 6.65. The largest absolute Gasteiger partial charge is 0.481 e. The first-order chi connectivity index (χ1) is 8.11. The Kier molecular flexibility index (Phi) is 5.16. The minimum Gasteiger partial charge on any atom is -0.481 e. The first kappa shape index (κ1) is 13.2. The van der Waals surface area contributed by atoms with E-state index in [0.29, 0.717) is 13.0 Å². The van der Waals surface area contributed by atoms with Crippen LogP contribution in [0, 0.1) is 0 Å². The SMILES string of the molecule is NC(C(=O)NCCCC(=O)O)c1ccccc1. The molecule has 5 nitrogen and oxygen atoms in total. The monoisotopic (exact) mass is 236 g/mol. The predicted molar refractivity (Wildman–Crippen MR) is 63.2 cm³/mol. The molecule has 0 saturated carbocycles. The Hall–Kier alpha value is -1.88. The van der Waals surface area contributed by atoms with E-state index in [2.05, 4.69) is 5.32 Å². The average Bonchev–Trinajstić information content (AvgIpc) is 2.34. The van der Waals surface area contributed by atoms with Crippen LogP contribution < -0.4 is 11.1 Å². The zero-order valence-electron chi connectivity index (χ0n) is 9.43. The van der Waals surface area contributed by atoms with Gasteiger partial charge in [-0.15, -0.1) is 0 Å². The van der Waals surface area contributed by atoms with E-state index >= 15 is 0 Å². The lowest BCUT2D eigenvalue weighted by Gasteiger charge is -2.11. The molecule has 92 valence electrons. The van der Waals surface area contributed by atoms with Gasteiger partial charge < -0.3 is 16.2 Å². The molecule has 0 fully saturated rings. The normalized spacial score (nSPS) is 11.8. The van der Waals surface area contributed by atoms with Crippen molar-refractivity contribution in [1.29, 1.82) is 0 Å². The van der Waals surface area contributed by atoms with Gasteiger partial charge in [-0.2, -0.15) is 0 Å². The lowest BCUT2D eigenvalue weighted by molar-refractivity contribution is -0.137. The zero-order chi connectivity index (χ0) is 12.7. The lowest BCUT2D eigenvalue weighted by Crippen LogP contribution is -2.34. The number of nitrogens with two attached hydrogens (primary N) is 1. The molecule has 17 heavy (non-hydrogen) atoms. The Labute approximate surface area is 99.6 Å². The van der Waals surface area contributed by atoms with Crippen molar-refractivity contribution in [2.75, 3.05) is 6.54 Å². The van der Waals surface area contributed by atoms with Gasteiger partial charge in [0.1, 0.15) is 6.04 Å². The van der Waals surface area contributed by atoms with E-state index in [1.54, 1.807) is 12.1 Å². The maximum Gasteiger partial charge on any atom is 0.303 e. The molecule has 1 aromatic carbocycles. The molecule has 0 aliphatic carbocycles. The molecule has 0 saturated heterocycles. The van der Waals surface area contributed by atoms with Gasteiger partial charge >= 0.3 is 5.97 Å². The van der Waals surface area contributed by atoms with E-state index in [4.69, 9.17) is 10.8 Å². The molecule has 0 aliphatic heterocycles. The van der Waals surface area contributed by atoms with Crippen LogP contribution in [0.3, 0.4) is 0 Å². The van der Waals surface area contributed by atoms with Gasteiger partial charge in [-0.3, -0.25) is 9.59 Å². The van der Waals surface area contributed by atoms with Crippen molar-refractivity contribution in [2.45, 2.75) is 18.9 Å². The van der Waals surface area contributed by atoms with Gasteiger partial charge in [0.2, 0.25) is 5.91 Å². The van der Waals surface area contributed by atoms with Crippen LogP contribution in [0.25, 0.3) is 0 Å². The molecule has 1 amide bonds. The van der Waals surface area contributed by atoms with Gasteiger partial charge in [-0.1, -0.05) is 30.3 Å². The van der Waals surface area contributed by atoms with E-state index in [0.717, 1.165) is 5.56 Å². The summed E-state index contributed by atoms with van der Waals surface area (Å²) in [6.45, 7) is 0.325. The number of carboxylic acids is 1. The van der Waals surface area contributed by atoms with Gasteiger partial charge in [0.15, 0.2) is 0 Å². The molecular formula is C12H16N2O3. The average molecular weight is 236 g/mol. The van der Waals surface area contributed by atoms with E-state index < -0.39 is 12.0 Å². The molecule has 0 heterocycles. The predicted octanol–water partition coefficient (Wildman–Crippen LogP) is 0.667. The van der Waals surface area contributed by atoms with Crippen LogP contribution in [-0.2, 0) is 9.59 Å². The van der Waals surface area contributed by atoms with Crippen LogP contribution in [0.1, 0.15) is 24.4 Å². The number of carboxylic acid groups (broad SMARTS) is 1. The van der Waals surface area contributed by atoms with Crippen molar-refractivity contribution in [3.05, 3.63) is 35.9 Å². The topological polar surface area (TPSA) is 92.4 Å². The fraction of sp³-hybridized carbons (Fsp3) is 0.333. The first-order valence-corrected chi connectivity index (χ1v) is 5.41. The third-order valence-electron chi connectivity index (χ3n) is 2.31. The number of hydrogen-bond donors (Lipinski definition) is 3. The highest BCUT2D eigenvalue weighted by molar-refractivity contribution is 5.82. The van der Waals surface area contributed by atoms with Crippen molar-refractivity contribution in [3.63, 3.8) is 0 Å². The lowest BCUT2D eigenvalue weighted by atomic mass is 10.1. The zero-order valence-corrected chi connectivity index (χ0v) is 9.43. The number of rotatable bonds is 6. The second-order valence-corrected chi connectivity index (χ2v) is 3.68. The molecular weight excluding hydrogens is 220 g/mol. The number of aliphatic carboxylic acids is 1. The van der Waals surface area contributed by atoms with E-state index in [1.807, 2.05) is 18.2 Å². The van der Waals surface area contributed by atoms with Crippen LogP contribution >= 0.6 is 0 Å². The minimum atomic E-state index is -0.869. The molecule has 5 heteroatoms. The van der Waals surface area contributed by atoms with Gasteiger partial charge in [-0.25, -0.2) is 0 Å². The maximum atomic E-state index is 11.6. The number of carbonyl (C=O) groups excluding carboxylic acids is 1. The summed E-state index contributed by atoms with van der Waals surface area (Å²) >= 11 is 0. The number of hydrogen-bond acceptors (Lipinski definition) is 3. The molecule has 1 aromatic rings. The molecule has 0 aliphatic rings. The van der Waals surface area contributed by atoms with Crippen LogP contribution in [0.5, 0.6) is 0 Å². The van der Waals surface area contributed by atoms with Crippen molar-refractivity contribution in [1.82, 2.24) is 5.32 Å². The Bertz CT molecular complexity index is 379. The first-order valence-electron chi connectivity index (χ1n) is 5.41. The Morgan fingerprint density at radius 3 is 2.53 bits per heavy atom. The molecule has 0 aromatic heterocycles. The van der Waals surface area contributed by atoms with E-state index in [9.17, 15) is 9.59 Å². The van der Waals surface area contributed by atoms with Crippen molar-refractivity contribution >= 4 is 11.9 Å². The Balaban J connectivity index is 2.35. The standard InChI is InChI=1S/C12H16N2O3/c13-11(9-5-2-1-3-6-9)12(17)14-8-4-7-10(15)16/h1-3,5-6,11H,4,7-8,13H2,(H,14,17)(H,15,16). The summed E-state index contributed by atoms with van der Waals surface area (Å²) in [5.74, 6) is -1.16. The third kappa shape index (κ3) is 4.65. The molecule has 4 N–H and O–H groups in total. The molecule has 1 rings (SSSR count). The van der Waals surface area contributed by atoms with Crippen LogP contribution in [0.15, 0.2) is 30.3 Å². The third-order valence-corrected chi connectivity index (χ3v) is 2.31. The molecule has 0 bridgehead atoms. The highest BCUT2D eigenvalue weighted by Crippen LogP contribution is 2.08. The van der Waals surface area contributed by atoms with Gasteiger partial charge in [0.05, 0.1) is 0 Å². The fourth-order valence-corrected chi connectivity index (χ4v) is 1.37. The highest BCUT2D eigenvalue weighted by atomic mass is 16.4. The number of amides is 1. The summed E-state index contributed by atoms with van der Waals surface area (Å²) in [7, 11) is 0. The Morgan fingerprint density at radius 2 is 1.94 bits per heavy atom. The van der Waals surface area contributed by atoms with E-state index in [1.165, 1.54) is 0 Å². The number of carbonyl (C=O) groups is 2. The smallest absolute Gasteiger partial charge is 0.303 e. The molecule has 0 spiro atoms. The summed E-state index contributed by atoms with van der Waals surface area (Å²) in [6, 6.07) is 8.32. The summed E-state index contributed by atoms with van der Waals surface area (Å²) in [4.78, 5) is 21.9. The molecule has 1 atom stereocenters. The molecule has 0 radical (unpaired) electrons. The number of benzene rings is 1. The van der Waals surface area contributed by atoms with Crippen LogP contribution in [0.4, 0.5) is 0 Å². The summed E-state index contributed by atoms with van der Waals surface area (Å²) in [5.41, 5.74) is 6.49. The molecule has 1 unspecified atom stereocenters. The van der Waals surface area contributed by atoms with Crippen LogP contribution in [-0.4, -0.2) is 23.5 Å². The fourth-order valence-electron chi connectivity index (χ4n) is 1.37. The second-order valence-electron chi connectivity index (χ2n) is 3.68. The summed E-state index contributed by atoms with van der Waals surface area (Å²) in [5, 5.41) is 11.0. The van der Waals surface area contributed by atoms with Gasteiger partial charge in [0, 0.05) is 13.0 Å². The minimum absolute atomic E-state index is 0.0425.